The molecular formula is C18H19F2NO3. The molecule has 5 unspecified atom stereocenters. The average Bonchev–Trinajstić information content (AvgIpc) is 3.00. The highest BCUT2D eigenvalue weighted by molar-refractivity contribution is 5.88. The van der Waals surface area contributed by atoms with Gasteiger partial charge in [-0.3, -0.25) is 4.79 Å². The van der Waals surface area contributed by atoms with Crippen molar-refractivity contribution in [2.45, 2.75) is 37.6 Å². The van der Waals surface area contributed by atoms with E-state index in [2.05, 4.69) is 0 Å². The highest BCUT2D eigenvalue weighted by Crippen LogP contribution is 2.52. The number of carbonyl (C=O) groups excluding carboxylic acids is 1. The molecule has 4 rings (SSSR count). The molecule has 5 atom stereocenters. The molecule has 3 aliphatic rings. The number of nitrogens with zero attached hydrogens (tertiary/aromatic N) is 1. The lowest BCUT2D eigenvalue weighted by Gasteiger charge is -2.24. The number of likely N-dealkylation sites (tertiary alicyclic amines) is 1. The SMILES string of the molecule is O=C(O)C1C2CCCC2CN1C(=O)C1CC1c1c(F)cccc1F. The van der Waals surface area contributed by atoms with Crippen molar-refractivity contribution in [3.8, 4) is 0 Å². The predicted octanol–water partition coefficient (Wildman–Crippen LogP) is 2.78. The van der Waals surface area contributed by atoms with E-state index in [1.807, 2.05) is 0 Å². The van der Waals surface area contributed by atoms with E-state index in [4.69, 9.17) is 0 Å². The Kier molecular flexibility index (Phi) is 3.58. The third kappa shape index (κ3) is 2.31. The normalized spacial score (nSPS) is 34.2. The van der Waals surface area contributed by atoms with E-state index in [1.54, 1.807) is 0 Å². The van der Waals surface area contributed by atoms with Crippen LogP contribution in [0.2, 0.25) is 0 Å². The first-order valence-electron chi connectivity index (χ1n) is 8.46. The number of hydrogen-bond acceptors (Lipinski definition) is 2. The van der Waals surface area contributed by atoms with Crippen molar-refractivity contribution in [3.05, 3.63) is 35.4 Å². The largest absolute Gasteiger partial charge is 0.480 e. The number of carboxylic acid groups (broad SMARTS) is 1. The van der Waals surface area contributed by atoms with Crippen LogP contribution in [0, 0.1) is 29.4 Å². The van der Waals surface area contributed by atoms with Crippen molar-refractivity contribution >= 4 is 11.9 Å². The molecule has 1 heterocycles. The van der Waals surface area contributed by atoms with Gasteiger partial charge in [0.1, 0.15) is 17.7 Å². The van der Waals surface area contributed by atoms with Crippen molar-refractivity contribution in [1.29, 1.82) is 0 Å². The van der Waals surface area contributed by atoms with Gasteiger partial charge in [0.2, 0.25) is 5.91 Å². The van der Waals surface area contributed by atoms with Crippen LogP contribution >= 0.6 is 0 Å². The summed E-state index contributed by atoms with van der Waals surface area (Å²) in [6, 6.07) is 2.91. The molecule has 3 fully saturated rings. The van der Waals surface area contributed by atoms with Crippen molar-refractivity contribution in [2.75, 3.05) is 6.54 Å². The molecule has 0 spiro atoms. The van der Waals surface area contributed by atoms with E-state index in [0.29, 0.717) is 13.0 Å². The molecule has 1 amide bonds. The van der Waals surface area contributed by atoms with Crippen LogP contribution in [-0.2, 0) is 9.59 Å². The number of rotatable bonds is 3. The Labute approximate surface area is 138 Å². The maximum atomic E-state index is 13.9. The Hall–Kier alpha value is -1.98. The Balaban J connectivity index is 1.54. The van der Waals surface area contributed by atoms with Crippen LogP contribution in [0.3, 0.4) is 0 Å². The lowest BCUT2D eigenvalue weighted by molar-refractivity contribution is -0.150. The van der Waals surface area contributed by atoms with Crippen LogP contribution in [0.25, 0.3) is 0 Å². The smallest absolute Gasteiger partial charge is 0.326 e. The minimum Gasteiger partial charge on any atom is -0.480 e. The summed E-state index contributed by atoms with van der Waals surface area (Å²) in [5, 5.41) is 9.54. The van der Waals surface area contributed by atoms with Crippen molar-refractivity contribution in [3.63, 3.8) is 0 Å². The van der Waals surface area contributed by atoms with Crippen LogP contribution in [0.15, 0.2) is 18.2 Å². The summed E-state index contributed by atoms with van der Waals surface area (Å²) in [6.45, 7) is 0.462. The van der Waals surface area contributed by atoms with Crippen molar-refractivity contribution in [1.82, 2.24) is 4.90 Å². The first-order valence-corrected chi connectivity index (χ1v) is 8.46. The standard InChI is InChI=1S/C18H19F2NO3/c19-13-5-2-6-14(20)15(13)11-7-12(11)17(22)21-8-9-3-1-4-10(9)16(21)18(23)24/h2,5-6,9-12,16H,1,3-4,7-8H2,(H,23,24). The van der Waals surface area contributed by atoms with Crippen molar-refractivity contribution < 1.29 is 23.5 Å². The molecule has 1 N–H and O–H groups in total. The lowest BCUT2D eigenvalue weighted by atomic mass is 9.94. The summed E-state index contributed by atoms with van der Waals surface area (Å²) in [5.74, 6) is -3.21. The third-order valence-electron chi connectivity index (χ3n) is 5.90. The maximum Gasteiger partial charge on any atom is 0.326 e. The second-order valence-corrected chi connectivity index (χ2v) is 7.21. The van der Waals surface area contributed by atoms with Gasteiger partial charge in [0.15, 0.2) is 0 Å². The highest BCUT2D eigenvalue weighted by Gasteiger charge is 2.55. The lowest BCUT2D eigenvalue weighted by Crippen LogP contribution is -2.44. The van der Waals surface area contributed by atoms with Crippen LogP contribution in [0.5, 0.6) is 0 Å². The van der Waals surface area contributed by atoms with Gasteiger partial charge in [-0.2, -0.15) is 0 Å². The fourth-order valence-corrected chi connectivity index (χ4v) is 4.71. The molecule has 1 aromatic rings. The molecular weight excluding hydrogens is 316 g/mol. The van der Waals surface area contributed by atoms with E-state index < -0.39 is 35.5 Å². The number of amides is 1. The van der Waals surface area contributed by atoms with Gasteiger partial charge in [0, 0.05) is 23.9 Å². The number of aliphatic carboxylic acids is 1. The molecule has 2 aliphatic carbocycles. The Bertz CT molecular complexity index is 687. The van der Waals surface area contributed by atoms with E-state index in [0.717, 1.165) is 19.3 Å². The highest BCUT2D eigenvalue weighted by atomic mass is 19.1. The minimum absolute atomic E-state index is 0.0221. The first-order chi connectivity index (χ1) is 11.5. The zero-order valence-corrected chi connectivity index (χ0v) is 13.1. The van der Waals surface area contributed by atoms with Gasteiger partial charge in [-0.15, -0.1) is 0 Å². The number of carbonyl (C=O) groups is 2. The summed E-state index contributed by atoms with van der Waals surface area (Å²) in [7, 11) is 0. The second-order valence-electron chi connectivity index (χ2n) is 7.21. The quantitative estimate of drug-likeness (QED) is 0.924. The van der Waals surface area contributed by atoms with Crippen LogP contribution in [-0.4, -0.2) is 34.5 Å². The zero-order valence-electron chi connectivity index (χ0n) is 13.1. The molecule has 128 valence electrons. The van der Waals surface area contributed by atoms with E-state index >= 15 is 0 Å². The van der Waals surface area contributed by atoms with Gasteiger partial charge in [0.05, 0.1) is 0 Å². The summed E-state index contributed by atoms with van der Waals surface area (Å²) in [5.41, 5.74) is -0.0397. The third-order valence-corrected chi connectivity index (χ3v) is 5.90. The Morgan fingerprint density at radius 3 is 2.54 bits per heavy atom. The number of fused-ring (bicyclic) bond motifs is 1. The number of halogens is 2. The monoisotopic (exact) mass is 335 g/mol. The van der Waals surface area contributed by atoms with Crippen LogP contribution in [0.4, 0.5) is 8.78 Å². The van der Waals surface area contributed by atoms with Gasteiger partial charge in [0.25, 0.3) is 0 Å². The molecule has 4 nitrogen and oxygen atoms in total. The van der Waals surface area contributed by atoms with E-state index in [9.17, 15) is 23.5 Å². The molecule has 1 aliphatic heterocycles. The van der Waals surface area contributed by atoms with Gasteiger partial charge in [-0.25, -0.2) is 13.6 Å². The molecule has 0 aromatic heterocycles. The summed E-state index contributed by atoms with van der Waals surface area (Å²) in [6.07, 6.45) is 3.18. The fourth-order valence-electron chi connectivity index (χ4n) is 4.71. The van der Waals surface area contributed by atoms with Gasteiger partial charge in [-0.05, 0) is 43.2 Å². The average molecular weight is 335 g/mol. The maximum absolute atomic E-state index is 13.9. The summed E-state index contributed by atoms with van der Waals surface area (Å²) in [4.78, 5) is 25.9. The number of hydrogen-bond donors (Lipinski definition) is 1. The van der Waals surface area contributed by atoms with Crippen LogP contribution < -0.4 is 0 Å². The topological polar surface area (TPSA) is 57.6 Å². The van der Waals surface area contributed by atoms with Gasteiger partial charge >= 0.3 is 5.97 Å². The van der Waals surface area contributed by atoms with Gasteiger partial charge < -0.3 is 10.0 Å². The number of carboxylic acids is 1. The molecule has 6 heteroatoms. The summed E-state index contributed by atoms with van der Waals surface area (Å²) < 4.78 is 27.8. The number of benzene rings is 1. The Morgan fingerprint density at radius 2 is 1.88 bits per heavy atom. The van der Waals surface area contributed by atoms with E-state index in [-0.39, 0.29) is 23.3 Å². The molecule has 1 aromatic carbocycles. The Morgan fingerprint density at radius 1 is 1.17 bits per heavy atom. The molecule has 0 bridgehead atoms. The summed E-state index contributed by atoms with van der Waals surface area (Å²) >= 11 is 0. The molecule has 2 saturated carbocycles. The molecule has 0 radical (unpaired) electrons. The first kappa shape index (κ1) is 15.5. The van der Waals surface area contributed by atoms with Crippen molar-refractivity contribution in [2.24, 2.45) is 17.8 Å². The van der Waals surface area contributed by atoms with E-state index in [1.165, 1.54) is 23.1 Å². The zero-order chi connectivity index (χ0) is 17.0. The molecule has 1 saturated heterocycles. The fraction of sp³-hybridized carbons (Fsp3) is 0.556. The van der Waals surface area contributed by atoms with Crippen LogP contribution in [0.1, 0.15) is 37.2 Å². The second kappa shape index (κ2) is 5.53. The minimum atomic E-state index is -0.966. The molecule has 24 heavy (non-hydrogen) atoms. The van der Waals surface area contributed by atoms with Gasteiger partial charge in [-0.1, -0.05) is 12.5 Å². The predicted molar refractivity (Wildman–Crippen MR) is 81.2 cm³/mol.